The standard InChI is InChI=1S/C18H17BrN2O3/c19-16-7-6-15(12-17(16)21(23)24)18(22)20-10-8-14(9-11-20)13-4-2-1-3-5-13/h1-7,12,14H,8-11H2. The first kappa shape index (κ1) is 16.6. The molecule has 0 N–H and O–H groups in total. The Morgan fingerprint density at radius 2 is 1.79 bits per heavy atom. The third-order valence-corrected chi connectivity index (χ3v) is 5.11. The predicted molar refractivity (Wildman–Crippen MR) is 95.1 cm³/mol. The van der Waals surface area contributed by atoms with E-state index < -0.39 is 4.92 Å². The first-order valence-electron chi connectivity index (χ1n) is 7.84. The molecule has 1 aliphatic heterocycles. The van der Waals surface area contributed by atoms with Crippen LogP contribution in [0.3, 0.4) is 0 Å². The fourth-order valence-electron chi connectivity index (χ4n) is 3.11. The fraction of sp³-hybridized carbons (Fsp3) is 0.278. The molecule has 0 radical (unpaired) electrons. The van der Waals surface area contributed by atoms with Gasteiger partial charge in [-0.2, -0.15) is 0 Å². The molecular weight excluding hydrogens is 372 g/mol. The van der Waals surface area contributed by atoms with Gasteiger partial charge in [0.05, 0.1) is 9.40 Å². The molecular formula is C18H17BrN2O3. The lowest BCUT2D eigenvalue weighted by Gasteiger charge is -2.32. The van der Waals surface area contributed by atoms with Crippen molar-refractivity contribution in [1.29, 1.82) is 0 Å². The van der Waals surface area contributed by atoms with Crippen molar-refractivity contribution in [2.45, 2.75) is 18.8 Å². The molecule has 6 heteroatoms. The topological polar surface area (TPSA) is 63.4 Å². The fourth-order valence-corrected chi connectivity index (χ4v) is 3.50. The van der Waals surface area contributed by atoms with Crippen LogP contribution in [0.2, 0.25) is 0 Å². The molecule has 5 nitrogen and oxygen atoms in total. The van der Waals surface area contributed by atoms with E-state index >= 15 is 0 Å². The van der Waals surface area contributed by atoms with E-state index in [-0.39, 0.29) is 11.6 Å². The monoisotopic (exact) mass is 388 g/mol. The highest BCUT2D eigenvalue weighted by Gasteiger charge is 2.25. The van der Waals surface area contributed by atoms with E-state index in [1.165, 1.54) is 11.6 Å². The van der Waals surface area contributed by atoms with Crippen LogP contribution < -0.4 is 0 Å². The Balaban J connectivity index is 1.69. The van der Waals surface area contributed by atoms with Crippen molar-refractivity contribution in [1.82, 2.24) is 4.90 Å². The summed E-state index contributed by atoms with van der Waals surface area (Å²) in [6.45, 7) is 1.34. The Bertz CT molecular complexity index is 756. The molecule has 24 heavy (non-hydrogen) atoms. The summed E-state index contributed by atoms with van der Waals surface area (Å²) in [6.07, 6.45) is 1.82. The van der Waals surface area contributed by atoms with Crippen LogP contribution in [0.4, 0.5) is 5.69 Å². The van der Waals surface area contributed by atoms with Crippen LogP contribution >= 0.6 is 15.9 Å². The van der Waals surface area contributed by atoms with E-state index in [2.05, 4.69) is 28.1 Å². The maximum Gasteiger partial charge on any atom is 0.284 e. The van der Waals surface area contributed by atoms with Crippen LogP contribution in [-0.4, -0.2) is 28.8 Å². The molecule has 0 unspecified atom stereocenters. The minimum absolute atomic E-state index is 0.0833. The summed E-state index contributed by atoms with van der Waals surface area (Å²) in [5.74, 6) is 0.326. The van der Waals surface area contributed by atoms with Crippen molar-refractivity contribution in [3.05, 3.63) is 74.2 Å². The Hall–Kier alpha value is -2.21. The number of nitrogens with zero attached hydrogens (tertiary/aromatic N) is 2. The molecule has 2 aromatic carbocycles. The molecule has 0 bridgehead atoms. The maximum absolute atomic E-state index is 12.6. The maximum atomic E-state index is 12.6. The lowest BCUT2D eigenvalue weighted by Crippen LogP contribution is -2.37. The first-order valence-corrected chi connectivity index (χ1v) is 8.63. The highest BCUT2D eigenvalue weighted by atomic mass is 79.9. The third-order valence-electron chi connectivity index (χ3n) is 4.44. The van der Waals surface area contributed by atoms with E-state index in [9.17, 15) is 14.9 Å². The van der Waals surface area contributed by atoms with Crippen molar-refractivity contribution in [2.24, 2.45) is 0 Å². The number of nitro benzene ring substituents is 1. The van der Waals surface area contributed by atoms with E-state index in [0.717, 1.165) is 12.8 Å². The van der Waals surface area contributed by atoms with Gasteiger partial charge < -0.3 is 4.90 Å². The van der Waals surface area contributed by atoms with Crippen LogP contribution in [0, 0.1) is 10.1 Å². The first-order chi connectivity index (χ1) is 11.6. The number of rotatable bonds is 3. The van der Waals surface area contributed by atoms with Gasteiger partial charge in [-0.1, -0.05) is 30.3 Å². The second-order valence-corrected chi connectivity index (χ2v) is 6.75. The molecule has 0 saturated carbocycles. The smallest absolute Gasteiger partial charge is 0.284 e. The summed E-state index contributed by atoms with van der Waals surface area (Å²) >= 11 is 3.14. The molecule has 2 aromatic rings. The SMILES string of the molecule is O=C(c1ccc(Br)c([N+](=O)[O-])c1)N1CCC(c2ccccc2)CC1. The molecule has 1 saturated heterocycles. The van der Waals surface area contributed by atoms with Crippen molar-refractivity contribution in [3.63, 3.8) is 0 Å². The number of amides is 1. The van der Waals surface area contributed by atoms with Gasteiger partial charge in [0.2, 0.25) is 0 Å². The number of likely N-dealkylation sites (tertiary alicyclic amines) is 1. The molecule has 0 aliphatic carbocycles. The van der Waals surface area contributed by atoms with Crippen molar-refractivity contribution >= 4 is 27.5 Å². The van der Waals surface area contributed by atoms with Crippen LogP contribution in [0.25, 0.3) is 0 Å². The second kappa shape index (κ2) is 7.13. The zero-order valence-electron chi connectivity index (χ0n) is 13.0. The predicted octanol–water partition coefficient (Wildman–Crippen LogP) is 4.38. The summed E-state index contributed by atoms with van der Waals surface area (Å²) in [7, 11) is 0. The van der Waals surface area contributed by atoms with E-state index in [1.807, 2.05) is 18.2 Å². The minimum atomic E-state index is -0.484. The molecule has 0 aromatic heterocycles. The van der Waals surface area contributed by atoms with Gasteiger partial charge in [-0.05, 0) is 52.4 Å². The van der Waals surface area contributed by atoms with Gasteiger partial charge >= 0.3 is 0 Å². The number of halogens is 1. The summed E-state index contributed by atoms with van der Waals surface area (Å²) in [5.41, 5.74) is 1.59. The summed E-state index contributed by atoms with van der Waals surface area (Å²) in [6, 6.07) is 14.9. The van der Waals surface area contributed by atoms with Crippen LogP contribution in [0.15, 0.2) is 53.0 Å². The number of carbonyl (C=O) groups is 1. The molecule has 1 heterocycles. The molecule has 124 valence electrons. The number of hydrogen-bond donors (Lipinski definition) is 0. The largest absolute Gasteiger partial charge is 0.339 e. The molecule has 0 spiro atoms. The zero-order chi connectivity index (χ0) is 17.1. The number of nitro groups is 1. The lowest BCUT2D eigenvalue weighted by molar-refractivity contribution is -0.385. The van der Waals surface area contributed by atoms with Gasteiger partial charge in [0.1, 0.15) is 0 Å². The average Bonchev–Trinajstić information content (AvgIpc) is 2.62. The summed E-state index contributed by atoms with van der Waals surface area (Å²) < 4.78 is 0.381. The van der Waals surface area contributed by atoms with Gasteiger partial charge in [0.15, 0.2) is 0 Å². The van der Waals surface area contributed by atoms with Crippen molar-refractivity contribution in [2.75, 3.05) is 13.1 Å². The van der Waals surface area contributed by atoms with Gasteiger partial charge in [-0.3, -0.25) is 14.9 Å². The summed E-state index contributed by atoms with van der Waals surface area (Å²) in [5, 5.41) is 11.0. The van der Waals surface area contributed by atoms with E-state index in [0.29, 0.717) is 29.0 Å². The number of hydrogen-bond acceptors (Lipinski definition) is 3. The van der Waals surface area contributed by atoms with Gasteiger partial charge in [-0.25, -0.2) is 0 Å². The quantitative estimate of drug-likeness (QED) is 0.578. The highest BCUT2D eigenvalue weighted by molar-refractivity contribution is 9.10. The van der Waals surface area contributed by atoms with Gasteiger partial charge in [-0.15, -0.1) is 0 Å². The Morgan fingerprint density at radius 1 is 1.12 bits per heavy atom. The lowest BCUT2D eigenvalue weighted by atomic mass is 9.89. The molecule has 1 aliphatic rings. The third kappa shape index (κ3) is 3.48. The molecule has 1 fully saturated rings. The number of benzene rings is 2. The van der Waals surface area contributed by atoms with E-state index in [4.69, 9.17) is 0 Å². The zero-order valence-corrected chi connectivity index (χ0v) is 14.6. The average molecular weight is 389 g/mol. The van der Waals surface area contributed by atoms with E-state index in [1.54, 1.807) is 17.0 Å². The normalized spacial score (nSPS) is 15.3. The van der Waals surface area contributed by atoms with Crippen molar-refractivity contribution < 1.29 is 9.72 Å². The second-order valence-electron chi connectivity index (χ2n) is 5.90. The van der Waals surface area contributed by atoms with Crippen LogP contribution in [0.5, 0.6) is 0 Å². The van der Waals surface area contributed by atoms with Crippen LogP contribution in [0.1, 0.15) is 34.7 Å². The Labute approximate surface area is 148 Å². The molecule has 1 amide bonds. The summed E-state index contributed by atoms with van der Waals surface area (Å²) in [4.78, 5) is 24.9. The number of piperidine rings is 1. The minimum Gasteiger partial charge on any atom is -0.339 e. The number of carbonyl (C=O) groups excluding carboxylic acids is 1. The van der Waals surface area contributed by atoms with Crippen LogP contribution in [-0.2, 0) is 0 Å². The van der Waals surface area contributed by atoms with Gasteiger partial charge in [0, 0.05) is 24.7 Å². The molecule has 0 atom stereocenters. The molecule has 3 rings (SSSR count). The Kier molecular flexibility index (Phi) is 4.94. The van der Waals surface area contributed by atoms with Gasteiger partial charge in [0.25, 0.3) is 11.6 Å². The highest BCUT2D eigenvalue weighted by Crippen LogP contribution is 2.30. The Morgan fingerprint density at radius 3 is 2.42 bits per heavy atom. The van der Waals surface area contributed by atoms with Crippen molar-refractivity contribution in [3.8, 4) is 0 Å².